The van der Waals surface area contributed by atoms with Crippen LogP contribution in [0.1, 0.15) is 5.56 Å². The van der Waals surface area contributed by atoms with Crippen LogP contribution in [0.15, 0.2) is 64.1 Å². The zero-order valence-corrected chi connectivity index (χ0v) is 19.7. The molecule has 0 amide bonds. The number of imidazole rings is 1. The second-order valence-corrected chi connectivity index (χ2v) is 9.58. The summed E-state index contributed by atoms with van der Waals surface area (Å²) < 4.78 is 46.1. The van der Waals surface area contributed by atoms with Crippen molar-refractivity contribution in [1.82, 2.24) is 19.1 Å². The van der Waals surface area contributed by atoms with E-state index in [2.05, 4.69) is 14.7 Å². The number of benzene rings is 2. The van der Waals surface area contributed by atoms with E-state index in [0.29, 0.717) is 27.3 Å². The Kier molecular flexibility index (Phi) is 5.78. The molecular formula is C22H14ClF3N4O2S2. The maximum Gasteiger partial charge on any atom is 0.573 e. The number of aryl methyl sites for hydroxylation is 1. The van der Waals surface area contributed by atoms with Crippen molar-refractivity contribution in [3.8, 4) is 11.4 Å². The molecule has 0 aliphatic heterocycles. The fourth-order valence-electron chi connectivity index (χ4n) is 3.55. The Balaban J connectivity index is 1.58. The van der Waals surface area contributed by atoms with Crippen LogP contribution in [0.4, 0.5) is 13.2 Å². The molecule has 0 bridgehead atoms. The van der Waals surface area contributed by atoms with Gasteiger partial charge in [-0.25, -0.2) is 4.98 Å². The van der Waals surface area contributed by atoms with Crippen molar-refractivity contribution in [1.29, 1.82) is 0 Å². The normalized spacial score (nSPS) is 12.0. The van der Waals surface area contributed by atoms with E-state index in [0.717, 1.165) is 15.6 Å². The summed E-state index contributed by atoms with van der Waals surface area (Å²) in [6.07, 6.45) is -3.29. The van der Waals surface area contributed by atoms with E-state index in [-0.39, 0.29) is 11.3 Å². The first-order valence-corrected chi connectivity index (χ1v) is 12.0. The topological polar surface area (TPSA) is 61.9 Å². The van der Waals surface area contributed by atoms with Gasteiger partial charge in [0.25, 0.3) is 0 Å². The number of alkyl halides is 3. The molecule has 5 rings (SSSR count). The Morgan fingerprint density at radius 2 is 1.94 bits per heavy atom. The summed E-state index contributed by atoms with van der Waals surface area (Å²) in [5, 5.41) is 4.06. The highest BCUT2D eigenvalue weighted by molar-refractivity contribution is 7.98. The summed E-state index contributed by atoms with van der Waals surface area (Å²) in [5.74, 6) is 0.160. The Morgan fingerprint density at radius 1 is 1.18 bits per heavy atom. The molecule has 12 heteroatoms. The molecule has 2 aromatic carbocycles. The highest BCUT2D eigenvalue weighted by atomic mass is 35.5. The van der Waals surface area contributed by atoms with Crippen LogP contribution in [-0.4, -0.2) is 25.5 Å². The number of hydrogen-bond acceptors (Lipinski definition) is 6. The van der Waals surface area contributed by atoms with E-state index in [1.165, 1.54) is 42.4 Å². The van der Waals surface area contributed by atoms with Gasteiger partial charge < -0.3 is 9.30 Å². The lowest BCUT2D eigenvalue weighted by Gasteiger charge is -2.15. The Bertz CT molecular complexity index is 1580. The van der Waals surface area contributed by atoms with Crippen molar-refractivity contribution < 1.29 is 17.9 Å². The Hall–Kier alpha value is -3.02. The standard InChI is InChI=1S/C22H14ClF3N4O2S2/c1-29-11-27-18-19(31)28-21(34-10-12-9-33-17-7-2-13(23)8-16(12)17)30(20(18)29)14-3-5-15(6-4-14)32-22(24,25)26/h2-9,11H,10H2,1H3. The molecule has 5 aromatic rings. The lowest BCUT2D eigenvalue weighted by atomic mass is 10.2. The SMILES string of the molecule is Cn1cnc2c(=O)nc(SCc3csc4ccc(Cl)cc34)n(-c3ccc(OC(F)(F)F)cc3)c21. The number of thioether (sulfide) groups is 1. The zero-order chi connectivity index (χ0) is 24.0. The molecule has 0 N–H and O–H groups in total. The monoisotopic (exact) mass is 522 g/mol. The third-order valence-corrected chi connectivity index (χ3v) is 7.24. The van der Waals surface area contributed by atoms with E-state index < -0.39 is 11.9 Å². The highest BCUT2D eigenvalue weighted by Gasteiger charge is 2.31. The van der Waals surface area contributed by atoms with Gasteiger partial charge in [-0.1, -0.05) is 23.4 Å². The molecule has 3 aromatic heterocycles. The van der Waals surface area contributed by atoms with Gasteiger partial charge in [0.05, 0.1) is 6.33 Å². The van der Waals surface area contributed by atoms with Crippen molar-refractivity contribution >= 4 is 55.9 Å². The minimum Gasteiger partial charge on any atom is -0.406 e. The van der Waals surface area contributed by atoms with E-state index in [4.69, 9.17) is 11.6 Å². The van der Waals surface area contributed by atoms with Gasteiger partial charge in [0.15, 0.2) is 16.3 Å². The molecule has 0 fully saturated rings. The molecule has 0 atom stereocenters. The Morgan fingerprint density at radius 3 is 2.68 bits per heavy atom. The third-order valence-electron chi connectivity index (χ3n) is 5.01. The zero-order valence-electron chi connectivity index (χ0n) is 17.3. The first kappa shape index (κ1) is 22.8. The minimum atomic E-state index is -4.79. The Labute approximate surface area is 203 Å². The number of fused-ring (bicyclic) bond motifs is 2. The number of hydrogen-bond donors (Lipinski definition) is 0. The number of thiophene rings is 1. The molecule has 0 spiro atoms. The van der Waals surface area contributed by atoms with Gasteiger partial charge in [0.2, 0.25) is 0 Å². The second kappa shape index (κ2) is 8.64. The van der Waals surface area contributed by atoms with Crippen molar-refractivity contribution in [2.75, 3.05) is 0 Å². The van der Waals surface area contributed by atoms with E-state index >= 15 is 0 Å². The van der Waals surface area contributed by atoms with Crippen LogP contribution in [-0.2, 0) is 12.8 Å². The van der Waals surface area contributed by atoms with Crippen LogP contribution in [0.2, 0.25) is 5.02 Å². The van der Waals surface area contributed by atoms with Gasteiger partial charge in [-0.15, -0.1) is 24.5 Å². The molecule has 0 saturated heterocycles. The summed E-state index contributed by atoms with van der Waals surface area (Å²) in [7, 11) is 1.73. The van der Waals surface area contributed by atoms with Gasteiger partial charge in [-0.2, -0.15) is 4.98 Å². The highest BCUT2D eigenvalue weighted by Crippen LogP contribution is 2.34. The van der Waals surface area contributed by atoms with Crippen LogP contribution >= 0.6 is 34.7 Å². The largest absolute Gasteiger partial charge is 0.573 e. The molecule has 0 unspecified atom stereocenters. The lowest BCUT2D eigenvalue weighted by Crippen LogP contribution is -2.18. The number of nitrogens with zero attached hydrogens (tertiary/aromatic N) is 4. The summed E-state index contributed by atoms with van der Waals surface area (Å²) >= 11 is 9.10. The average molecular weight is 523 g/mol. The maximum atomic E-state index is 12.7. The van der Waals surface area contributed by atoms with Gasteiger partial charge in [-0.3, -0.25) is 9.36 Å². The summed E-state index contributed by atoms with van der Waals surface area (Å²) in [5.41, 5.74) is 1.70. The van der Waals surface area contributed by atoms with Crippen LogP contribution < -0.4 is 10.3 Å². The van der Waals surface area contributed by atoms with Gasteiger partial charge >= 0.3 is 11.9 Å². The van der Waals surface area contributed by atoms with Gasteiger partial charge in [0.1, 0.15) is 5.75 Å². The fourth-order valence-corrected chi connectivity index (χ4v) is 5.77. The smallest absolute Gasteiger partial charge is 0.406 e. The first-order valence-electron chi connectivity index (χ1n) is 9.78. The van der Waals surface area contributed by atoms with Crippen LogP contribution in [0.3, 0.4) is 0 Å². The summed E-state index contributed by atoms with van der Waals surface area (Å²) in [4.78, 5) is 21.0. The predicted molar refractivity (Wildman–Crippen MR) is 127 cm³/mol. The van der Waals surface area contributed by atoms with Crippen LogP contribution in [0, 0.1) is 0 Å². The second-order valence-electron chi connectivity index (χ2n) is 7.29. The molecule has 6 nitrogen and oxygen atoms in total. The fraction of sp³-hybridized carbons (Fsp3) is 0.136. The summed E-state index contributed by atoms with van der Waals surface area (Å²) in [6, 6.07) is 11.1. The van der Waals surface area contributed by atoms with Crippen molar-refractivity contribution in [2.45, 2.75) is 17.3 Å². The van der Waals surface area contributed by atoms with Crippen molar-refractivity contribution in [3.05, 3.63) is 75.1 Å². The van der Waals surface area contributed by atoms with Crippen molar-refractivity contribution in [3.63, 3.8) is 0 Å². The molecule has 174 valence electrons. The number of ether oxygens (including phenoxy) is 1. The maximum absolute atomic E-state index is 12.7. The molecule has 34 heavy (non-hydrogen) atoms. The van der Waals surface area contributed by atoms with Crippen LogP contribution in [0.5, 0.6) is 5.75 Å². The van der Waals surface area contributed by atoms with E-state index in [9.17, 15) is 18.0 Å². The van der Waals surface area contributed by atoms with Crippen LogP contribution in [0.25, 0.3) is 26.9 Å². The molecule has 3 heterocycles. The average Bonchev–Trinajstić information content (AvgIpc) is 3.36. The quantitative estimate of drug-likeness (QED) is 0.204. The predicted octanol–water partition coefficient (Wildman–Crippen LogP) is 6.18. The molecule has 0 radical (unpaired) electrons. The first-order chi connectivity index (χ1) is 16.2. The lowest BCUT2D eigenvalue weighted by molar-refractivity contribution is -0.274. The molecule has 0 aliphatic rings. The van der Waals surface area contributed by atoms with Gasteiger partial charge in [0, 0.05) is 28.2 Å². The third kappa shape index (κ3) is 4.38. The van der Waals surface area contributed by atoms with E-state index in [1.807, 2.05) is 23.6 Å². The summed E-state index contributed by atoms with van der Waals surface area (Å²) in [6.45, 7) is 0. The van der Waals surface area contributed by atoms with Crippen molar-refractivity contribution in [2.24, 2.45) is 7.05 Å². The van der Waals surface area contributed by atoms with Gasteiger partial charge in [-0.05, 0) is 58.8 Å². The number of halogens is 4. The molecule has 0 saturated carbocycles. The van der Waals surface area contributed by atoms with E-state index in [1.54, 1.807) is 27.5 Å². The minimum absolute atomic E-state index is 0.162. The number of rotatable bonds is 5. The molecule has 0 aliphatic carbocycles. The number of aromatic nitrogens is 4. The molecular weight excluding hydrogens is 509 g/mol.